The standard InChI is InChI=1S/C36H40FN5O3/c1-5-22(3)27-10-8-7-9-24(27)15-17-38-35(43)32-20-33(25-11-12-25)42-34(39-32)21-31(40-42)29-14-13-26(19-30(29)37)41-18-16-28(23(41)4)36(44)45-6-2/h5,7-10,13-14,19-21,23,25,28H,6,11-12,15-18H2,1-4H3,(H,38,43)/b22-5-. The lowest BCUT2D eigenvalue weighted by Gasteiger charge is -2.26. The fraction of sp³-hybridized carbons (Fsp3) is 0.389. The van der Waals surface area contributed by atoms with Crippen LogP contribution in [0.25, 0.3) is 22.5 Å². The SMILES string of the molecule is C/C=C(/C)c1ccccc1CCNC(=O)c1cc(C2CC2)n2nc(-c3ccc(N4CCC(C(=O)OCC)C4C)cc3F)cc2n1. The third kappa shape index (κ3) is 6.21. The number of benzene rings is 2. The number of esters is 1. The predicted molar refractivity (Wildman–Crippen MR) is 174 cm³/mol. The van der Waals surface area contributed by atoms with Gasteiger partial charge in [0.1, 0.15) is 11.5 Å². The number of nitrogens with one attached hydrogen (secondary N) is 1. The Morgan fingerprint density at radius 3 is 2.64 bits per heavy atom. The van der Waals surface area contributed by atoms with Crippen molar-refractivity contribution in [3.8, 4) is 11.3 Å². The molecule has 2 fully saturated rings. The van der Waals surface area contributed by atoms with Crippen LogP contribution in [0.3, 0.4) is 0 Å². The third-order valence-electron chi connectivity index (χ3n) is 9.14. The number of allylic oxidation sites excluding steroid dienone is 2. The molecule has 2 atom stereocenters. The van der Waals surface area contributed by atoms with Gasteiger partial charge in [0.2, 0.25) is 0 Å². The van der Waals surface area contributed by atoms with E-state index in [0.717, 1.165) is 24.2 Å². The summed E-state index contributed by atoms with van der Waals surface area (Å²) in [7, 11) is 0. The summed E-state index contributed by atoms with van der Waals surface area (Å²) in [6.45, 7) is 9.38. The maximum absolute atomic E-state index is 15.6. The van der Waals surface area contributed by atoms with Gasteiger partial charge in [0.15, 0.2) is 5.65 Å². The van der Waals surface area contributed by atoms with Gasteiger partial charge >= 0.3 is 5.97 Å². The molecule has 8 nitrogen and oxygen atoms in total. The van der Waals surface area contributed by atoms with Crippen LogP contribution >= 0.6 is 0 Å². The van der Waals surface area contributed by atoms with Gasteiger partial charge in [-0.25, -0.2) is 13.9 Å². The van der Waals surface area contributed by atoms with E-state index in [1.54, 1.807) is 23.6 Å². The average Bonchev–Trinajstić information content (AvgIpc) is 3.68. The number of hydrogen-bond acceptors (Lipinski definition) is 6. The highest BCUT2D eigenvalue weighted by Crippen LogP contribution is 2.41. The number of rotatable bonds is 10. The Bertz CT molecular complexity index is 1780. The molecule has 1 saturated carbocycles. The highest BCUT2D eigenvalue weighted by Gasteiger charge is 2.37. The van der Waals surface area contributed by atoms with Gasteiger partial charge in [0, 0.05) is 48.1 Å². The number of amides is 1. The first-order valence-electron chi connectivity index (χ1n) is 15.9. The molecular formula is C36H40FN5O3. The highest BCUT2D eigenvalue weighted by molar-refractivity contribution is 5.93. The summed E-state index contributed by atoms with van der Waals surface area (Å²) in [4.78, 5) is 32.3. The molecule has 2 aliphatic rings. The molecule has 1 N–H and O–H groups in total. The van der Waals surface area contributed by atoms with Gasteiger partial charge in [-0.05, 0) is 94.3 Å². The number of halogens is 1. The van der Waals surface area contributed by atoms with Crippen LogP contribution in [0.2, 0.25) is 0 Å². The second-order valence-electron chi connectivity index (χ2n) is 12.0. The number of hydrogen-bond donors (Lipinski definition) is 1. The van der Waals surface area contributed by atoms with Gasteiger partial charge < -0.3 is 15.0 Å². The molecule has 1 saturated heterocycles. The third-order valence-corrected chi connectivity index (χ3v) is 9.14. The summed E-state index contributed by atoms with van der Waals surface area (Å²) in [6.07, 6.45) is 5.49. The van der Waals surface area contributed by atoms with E-state index in [1.165, 1.54) is 22.8 Å². The molecule has 0 bridgehead atoms. The van der Waals surface area contributed by atoms with E-state index >= 15 is 4.39 Å². The Kier molecular flexibility index (Phi) is 8.70. The van der Waals surface area contributed by atoms with Crippen molar-refractivity contribution in [1.82, 2.24) is 19.9 Å². The monoisotopic (exact) mass is 609 g/mol. The fourth-order valence-corrected chi connectivity index (χ4v) is 6.35. The number of carbonyl (C=O) groups excluding carboxylic acids is 2. The molecule has 0 radical (unpaired) electrons. The number of anilines is 1. The normalized spacial score (nSPS) is 18.4. The lowest BCUT2D eigenvalue weighted by atomic mass is 9.98. The van der Waals surface area contributed by atoms with Gasteiger partial charge in [-0.2, -0.15) is 5.10 Å². The Morgan fingerprint density at radius 2 is 1.91 bits per heavy atom. The van der Waals surface area contributed by atoms with Crippen LogP contribution in [0.1, 0.15) is 80.2 Å². The van der Waals surface area contributed by atoms with Crippen molar-refractivity contribution in [1.29, 1.82) is 0 Å². The van der Waals surface area contributed by atoms with Crippen molar-refractivity contribution in [2.75, 3.05) is 24.6 Å². The van der Waals surface area contributed by atoms with Crippen LogP contribution in [-0.2, 0) is 16.0 Å². The number of ether oxygens (including phenoxy) is 1. The molecule has 2 aromatic carbocycles. The van der Waals surface area contributed by atoms with Crippen LogP contribution < -0.4 is 10.2 Å². The molecule has 3 heterocycles. The van der Waals surface area contributed by atoms with Crippen molar-refractivity contribution < 1.29 is 18.7 Å². The van der Waals surface area contributed by atoms with E-state index in [-0.39, 0.29) is 23.8 Å². The first-order chi connectivity index (χ1) is 21.8. The fourth-order valence-electron chi connectivity index (χ4n) is 6.35. The van der Waals surface area contributed by atoms with Crippen LogP contribution in [0.4, 0.5) is 10.1 Å². The maximum atomic E-state index is 15.6. The lowest BCUT2D eigenvalue weighted by molar-refractivity contribution is -0.148. The van der Waals surface area contributed by atoms with Crippen molar-refractivity contribution in [2.24, 2.45) is 5.92 Å². The zero-order valence-electron chi connectivity index (χ0n) is 26.3. The molecular weight excluding hydrogens is 569 g/mol. The smallest absolute Gasteiger partial charge is 0.311 e. The minimum atomic E-state index is -0.401. The summed E-state index contributed by atoms with van der Waals surface area (Å²) in [5.41, 5.74) is 6.88. The summed E-state index contributed by atoms with van der Waals surface area (Å²) >= 11 is 0. The van der Waals surface area contributed by atoms with Crippen LogP contribution in [0.5, 0.6) is 0 Å². The molecule has 45 heavy (non-hydrogen) atoms. The second kappa shape index (κ2) is 12.8. The minimum Gasteiger partial charge on any atom is -0.466 e. The summed E-state index contributed by atoms with van der Waals surface area (Å²) in [5.74, 6) is -0.781. The molecule has 0 spiro atoms. The van der Waals surface area contributed by atoms with E-state index in [9.17, 15) is 9.59 Å². The molecule has 2 aromatic heterocycles. The number of nitrogens with zero attached hydrogens (tertiary/aromatic N) is 4. The van der Waals surface area contributed by atoms with Crippen molar-refractivity contribution in [3.05, 3.63) is 89.0 Å². The van der Waals surface area contributed by atoms with Crippen LogP contribution in [0, 0.1) is 11.7 Å². The second-order valence-corrected chi connectivity index (χ2v) is 12.0. The molecule has 9 heteroatoms. The first-order valence-corrected chi connectivity index (χ1v) is 15.9. The summed E-state index contributed by atoms with van der Waals surface area (Å²) in [5, 5.41) is 7.78. The van der Waals surface area contributed by atoms with Gasteiger partial charge in [0.25, 0.3) is 5.91 Å². The Labute approximate surface area is 263 Å². The largest absolute Gasteiger partial charge is 0.466 e. The Morgan fingerprint density at radius 1 is 1.11 bits per heavy atom. The first kappa shape index (κ1) is 30.5. The van der Waals surface area contributed by atoms with Crippen molar-refractivity contribution in [3.63, 3.8) is 0 Å². The average molecular weight is 610 g/mol. The van der Waals surface area contributed by atoms with Crippen LogP contribution in [0.15, 0.2) is 60.7 Å². The lowest BCUT2D eigenvalue weighted by Crippen LogP contribution is -2.33. The van der Waals surface area contributed by atoms with Crippen LogP contribution in [-0.4, -0.2) is 52.2 Å². The van der Waals surface area contributed by atoms with E-state index in [4.69, 9.17) is 9.84 Å². The number of fused-ring (bicyclic) bond motifs is 1. The zero-order valence-corrected chi connectivity index (χ0v) is 26.3. The minimum absolute atomic E-state index is 0.0913. The molecule has 4 aromatic rings. The van der Waals surface area contributed by atoms with Gasteiger partial charge in [-0.1, -0.05) is 30.3 Å². The van der Waals surface area contributed by atoms with E-state index in [1.807, 2.05) is 38.1 Å². The topological polar surface area (TPSA) is 88.8 Å². The maximum Gasteiger partial charge on any atom is 0.311 e. The number of carbonyl (C=O) groups is 2. The highest BCUT2D eigenvalue weighted by atomic mass is 19.1. The molecule has 6 rings (SSSR count). The van der Waals surface area contributed by atoms with Gasteiger partial charge in [0.05, 0.1) is 18.2 Å². The summed E-state index contributed by atoms with van der Waals surface area (Å²) < 4.78 is 22.6. The molecule has 234 valence electrons. The van der Waals surface area contributed by atoms with Crippen molar-refractivity contribution >= 4 is 28.8 Å². The number of aromatic nitrogens is 3. The quantitative estimate of drug-likeness (QED) is 0.204. The predicted octanol–water partition coefficient (Wildman–Crippen LogP) is 6.59. The molecule has 1 aliphatic heterocycles. The molecule has 1 amide bonds. The van der Waals surface area contributed by atoms with Crippen molar-refractivity contribution in [2.45, 2.75) is 65.3 Å². The summed E-state index contributed by atoms with van der Waals surface area (Å²) in [6, 6.07) is 16.8. The van der Waals surface area contributed by atoms with Gasteiger partial charge in [-0.3, -0.25) is 9.59 Å². The zero-order chi connectivity index (χ0) is 31.7. The molecule has 2 unspecified atom stereocenters. The van der Waals surface area contributed by atoms with E-state index < -0.39 is 5.82 Å². The Balaban J connectivity index is 1.21. The van der Waals surface area contributed by atoms with E-state index in [0.29, 0.717) is 61.1 Å². The molecule has 1 aliphatic carbocycles. The van der Waals surface area contributed by atoms with E-state index in [2.05, 4.69) is 40.3 Å². The van der Waals surface area contributed by atoms with Gasteiger partial charge in [-0.15, -0.1) is 0 Å². The Hall–Kier alpha value is -4.53.